The molecule has 1 heterocycles. The number of carbonyl (C=O) groups is 1. The molecule has 2 aromatic rings. The van der Waals surface area contributed by atoms with Crippen molar-refractivity contribution >= 4 is 28.6 Å². The first-order valence-corrected chi connectivity index (χ1v) is 6.66. The van der Waals surface area contributed by atoms with Crippen molar-refractivity contribution in [2.45, 2.75) is 18.6 Å². The number of hydrogen-bond acceptors (Lipinski definition) is 2. The fraction of sp³-hybridized carbons (Fsp3) is 0.308. The van der Waals surface area contributed by atoms with E-state index in [0.717, 1.165) is 22.2 Å². The highest BCUT2D eigenvalue weighted by atomic mass is 32.2. The van der Waals surface area contributed by atoms with Crippen molar-refractivity contribution in [1.82, 2.24) is 4.98 Å². The number of aromatic amines is 1. The van der Waals surface area contributed by atoms with Crippen LogP contribution in [0.25, 0.3) is 10.9 Å². The van der Waals surface area contributed by atoms with Gasteiger partial charge < -0.3 is 10.1 Å². The van der Waals surface area contributed by atoms with Crippen molar-refractivity contribution in [2.75, 3.05) is 5.75 Å². The highest BCUT2D eigenvalue weighted by molar-refractivity contribution is 8.00. The zero-order chi connectivity index (χ0) is 12.3. The van der Waals surface area contributed by atoms with Gasteiger partial charge >= 0.3 is 5.97 Å². The van der Waals surface area contributed by atoms with E-state index in [-0.39, 0.29) is 5.25 Å². The third kappa shape index (κ3) is 2.64. The molecule has 0 spiro atoms. The molecule has 0 aliphatic rings. The SMILES string of the molecule is CCS[C@@H](Cc1c[nH]c2ccccc12)C(=O)O. The summed E-state index contributed by atoms with van der Waals surface area (Å²) >= 11 is 1.48. The van der Waals surface area contributed by atoms with Gasteiger partial charge in [0, 0.05) is 17.1 Å². The lowest BCUT2D eigenvalue weighted by Gasteiger charge is -2.09. The van der Waals surface area contributed by atoms with Gasteiger partial charge in [0.25, 0.3) is 0 Å². The Morgan fingerprint density at radius 3 is 2.94 bits per heavy atom. The Balaban J connectivity index is 2.25. The van der Waals surface area contributed by atoms with E-state index >= 15 is 0 Å². The van der Waals surface area contributed by atoms with Crippen LogP contribution in [0, 0.1) is 0 Å². The van der Waals surface area contributed by atoms with Gasteiger partial charge in [0.2, 0.25) is 0 Å². The lowest BCUT2D eigenvalue weighted by molar-refractivity contribution is -0.136. The van der Waals surface area contributed by atoms with E-state index in [0.29, 0.717) is 6.42 Å². The molecule has 0 bridgehead atoms. The second-order valence-corrected chi connectivity index (χ2v) is 5.33. The molecule has 4 heteroatoms. The Morgan fingerprint density at radius 2 is 2.24 bits per heavy atom. The average Bonchev–Trinajstić information content (AvgIpc) is 2.72. The number of thioether (sulfide) groups is 1. The summed E-state index contributed by atoms with van der Waals surface area (Å²) in [4.78, 5) is 14.3. The van der Waals surface area contributed by atoms with Gasteiger partial charge in [-0.25, -0.2) is 0 Å². The first-order chi connectivity index (χ1) is 8.22. The second-order valence-electron chi connectivity index (χ2n) is 3.85. The number of para-hydroxylation sites is 1. The third-order valence-electron chi connectivity index (χ3n) is 2.72. The smallest absolute Gasteiger partial charge is 0.316 e. The van der Waals surface area contributed by atoms with Gasteiger partial charge in [0.1, 0.15) is 5.25 Å². The molecule has 17 heavy (non-hydrogen) atoms. The molecule has 0 aliphatic carbocycles. The highest BCUT2D eigenvalue weighted by Gasteiger charge is 2.19. The maximum Gasteiger partial charge on any atom is 0.316 e. The maximum atomic E-state index is 11.1. The van der Waals surface area contributed by atoms with E-state index in [4.69, 9.17) is 5.11 Å². The summed E-state index contributed by atoms with van der Waals surface area (Å²) in [5.74, 6) is 0.0846. The van der Waals surface area contributed by atoms with Crippen molar-refractivity contribution in [2.24, 2.45) is 0 Å². The Hall–Kier alpha value is -1.42. The number of hydrogen-bond donors (Lipinski definition) is 2. The number of fused-ring (bicyclic) bond motifs is 1. The predicted octanol–water partition coefficient (Wildman–Crippen LogP) is 2.92. The minimum absolute atomic E-state index is 0.362. The van der Waals surface area contributed by atoms with Gasteiger partial charge in [0.15, 0.2) is 0 Å². The highest BCUT2D eigenvalue weighted by Crippen LogP contribution is 2.23. The van der Waals surface area contributed by atoms with Gasteiger partial charge in [-0.3, -0.25) is 4.79 Å². The summed E-state index contributed by atoms with van der Waals surface area (Å²) in [7, 11) is 0. The molecule has 3 nitrogen and oxygen atoms in total. The Bertz CT molecular complexity index is 521. The van der Waals surface area contributed by atoms with Gasteiger partial charge in [-0.1, -0.05) is 25.1 Å². The van der Waals surface area contributed by atoms with E-state index in [1.165, 1.54) is 11.8 Å². The van der Waals surface area contributed by atoms with Crippen LogP contribution in [0.2, 0.25) is 0 Å². The van der Waals surface area contributed by atoms with Crippen LogP contribution in [0.5, 0.6) is 0 Å². The lowest BCUT2D eigenvalue weighted by atomic mass is 10.1. The molecule has 0 fully saturated rings. The zero-order valence-electron chi connectivity index (χ0n) is 9.64. The van der Waals surface area contributed by atoms with Gasteiger partial charge in [0.05, 0.1) is 0 Å². The predicted molar refractivity (Wildman–Crippen MR) is 71.6 cm³/mol. The van der Waals surface area contributed by atoms with Crippen LogP contribution in [0.4, 0.5) is 0 Å². The van der Waals surface area contributed by atoms with Gasteiger partial charge in [-0.15, -0.1) is 11.8 Å². The van der Waals surface area contributed by atoms with Gasteiger partial charge in [-0.05, 0) is 23.8 Å². The van der Waals surface area contributed by atoms with Crippen molar-refractivity contribution in [3.8, 4) is 0 Å². The van der Waals surface area contributed by atoms with Crippen LogP contribution in [0.15, 0.2) is 30.5 Å². The van der Waals surface area contributed by atoms with E-state index in [9.17, 15) is 4.79 Å². The largest absolute Gasteiger partial charge is 0.480 e. The van der Waals surface area contributed by atoms with Crippen LogP contribution in [0.1, 0.15) is 12.5 Å². The fourth-order valence-electron chi connectivity index (χ4n) is 1.92. The average molecular weight is 249 g/mol. The summed E-state index contributed by atoms with van der Waals surface area (Å²) in [6.07, 6.45) is 2.48. The van der Waals surface area contributed by atoms with E-state index in [2.05, 4.69) is 4.98 Å². The van der Waals surface area contributed by atoms with E-state index < -0.39 is 5.97 Å². The summed E-state index contributed by atoms with van der Waals surface area (Å²) in [5.41, 5.74) is 2.14. The number of aromatic nitrogens is 1. The minimum Gasteiger partial charge on any atom is -0.480 e. The molecular weight excluding hydrogens is 234 g/mol. The molecule has 0 saturated heterocycles. The summed E-state index contributed by atoms with van der Waals surface area (Å²) in [6, 6.07) is 7.97. The van der Waals surface area contributed by atoms with Crippen LogP contribution < -0.4 is 0 Å². The normalized spacial score (nSPS) is 12.8. The van der Waals surface area contributed by atoms with Crippen LogP contribution in [-0.4, -0.2) is 27.1 Å². The fourth-order valence-corrected chi connectivity index (χ4v) is 2.76. The van der Waals surface area contributed by atoms with Crippen LogP contribution >= 0.6 is 11.8 Å². The Kier molecular flexibility index (Phi) is 3.74. The number of carboxylic acids is 1. The van der Waals surface area contributed by atoms with Crippen molar-refractivity contribution in [3.05, 3.63) is 36.0 Å². The zero-order valence-corrected chi connectivity index (χ0v) is 10.5. The quantitative estimate of drug-likeness (QED) is 0.856. The number of aliphatic carboxylic acids is 1. The van der Waals surface area contributed by atoms with Gasteiger partial charge in [-0.2, -0.15) is 0 Å². The summed E-state index contributed by atoms with van der Waals surface area (Å²) < 4.78 is 0. The van der Waals surface area contributed by atoms with E-state index in [1.54, 1.807) is 0 Å². The molecule has 1 aromatic carbocycles. The Labute approximate surface area is 104 Å². The number of rotatable bonds is 5. The minimum atomic E-state index is -0.734. The van der Waals surface area contributed by atoms with Crippen LogP contribution in [0.3, 0.4) is 0 Å². The molecule has 0 aliphatic heterocycles. The lowest BCUT2D eigenvalue weighted by Crippen LogP contribution is -2.19. The molecule has 1 atom stereocenters. The molecule has 2 rings (SSSR count). The molecule has 2 N–H and O–H groups in total. The monoisotopic (exact) mass is 249 g/mol. The Morgan fingerprint density at radius 1 is 1.47 bits per heavy atom. The standard InChI is InChI=1S/C13H15NO2S/c1-2-17-12(13(15)16)7-9-8-14-11-6-4-3-5-10(9)11/h3-6,8,12,14H,2,7H2,1H3,(H,15,16)/t12-/m0/s1. The molecule has 0 radical (unpaired) electrons. The summed E-state index contributed by atoms with van der Waals surface area (Å²) in [6.45, 7) is 1.98. The summed E-state index contributed by atoms with van der Waals surface area (Å²) in [5, 5.41) is 9.90. The van der Waals surface area contributed by atoms with Crippen molar-refractivity contribution in [1.29, 1.82) is 0 Å². The third-order valence-corrected chi connectivity index (χ3v) is 3.83. The van der Waals surface area contributed by atoms with Crippen molar-refractivity contribution in [3.63, 3.8) is 0 Å². The molecule has 0 unspecified atom stereocenters. The first-order valence-electron chi connectivity index (χ1n) is 5.61. The molecule has 90 valence electrons. The van der Waals surface area contributed by atoms with Crippen molar-refractivity contribution < 1.29 is 9.90 Å². The topological polar surface area (TPSA) is 53.1 Å². The number of nitrogens with one attached hydrogen (secondary N) is 1. The molecule has 1 aromatic heterocycles. The number of H-pyrrole nitrogens is 1. The second kappa shape index (κ2) is 5.27. The van der Waals surface area contributed by atoms with E-state index in [1.807, 2.05) is 37.4 Å². The number of carboxylic acid groups (broad SMARTS) is 1. The molecule has 0 amide bonds. The van der Waals surface area contributed by atoms with Crippen LogP contribution in [-0.2, 0) is 11.2 Å². The maximum absolute atomic E-state index is 11.1. The molecule has 0 saturated carbocycles. The first kappa shape index (κ1) is 12.0. The molecular formula is C13H15NO2S. The number of benzene rings is 1.